The van der Waals surface area contributed by atoms with Gasteiger partial charge in [-0.05, 0) is 18.8 Å². The minimum Gasteiger partial charge on any atom is -0.303 e. The predicted octanol–water partition coefficient (Wildman–Crippen LogP) is 6.21. The lowest BCUT2D eigenvalue weighted by Crippen LogP contribution is -2.09. The third kappa shape index (κ3) is 18.3. The lowest BCUT2D eigenvalue weighted by Gasteiger charge is -2.17. The molecule has 140 valence electrons. The zero-order chi connectivity index (χ0) is 17.4. The van der Waals surface area contributed by atoms with Gasteiger partial charge in [0.05, 0.1) is 6.61 Å². The van der Waals surface area contributed by atoms with Crippen LogP contribution in [0.3, 0.4) is 0 Å². The van der Waals surface area contributed by atoms with E-state index >= 15 is 0 Å². The molecule has 0 aromatic heterocycles. The summed E-state index contributed by atoms with van der Waals surface area (Å²) in [6.45, 7) is 4.63. The molecule has 0 aliphatic heterocycles. The van der Waals surface area contributed by atoms with Crippen molar-refractivity contribution in [3.63, 3.8) is 0 Å². The Morgan fingerprint density at radius 2 is 1.13 bits per heavy atom. The first-order valence-corrected chi connectivity index (χ1v) is 11.2. The summed E-state index contributed by atoms with van der Waals surface area (Å²) in [5.41, 5.74) is 0. The van der Waals surface area contributed by atoms with Crippen LogP contribution in [0.15, 0.2) is 0 Å². The molecule has 0 aromatic carbocycles. The minimum atomic E-state index is -4.33. The van der Waals surface area contributed by atoms with Crippen LogP contribution in [-0.4, -0.2) is 16.4 Å². The Morgan fingerprint density at radius 3 is 1.57 bits per heavy atom. The zero-order valence-electron chi connectivity index (χ0n) is 15.3. The third-order valence-electron chi connectivity index (χ3n) is 4.41. The Morgan fingerprint density at radius 1 is 0.739 bits per heavy atom. The third-order valence-corrected chi connectivity index (χ3v) is 4.90. The van der Waals surface area contributed by atoms with Gasteiger partial charge in [0.25, 0.3) is 0 Å². The number of phosphoric ester groups is 1. The maximum absolute atomic E-state index is 10.9. The molecule has 0 amide bonds. The molecule has 2 N–H and O–H groups in total. The molecule has 1 atom stereocenters. The van der Waals surface area contributed by atoms with E-state index in [9.17, 15) is 4.57 Å². The molecule has 1 unspecified atom stereocenters. The average molecular weight is 350 g/mol. The number of hydrogen-bond donors (Lipinski definition) is 2. The molecule has 0 fully saturated rings. The van der Waals surface area contributed by atoms with Crippen LogP contribution in [0.1, 0.15) is 104 Å². The number of phosphoric acid groups is 1. The van der Waals surface area contributed by atoms with Gasteiger partial charge in [0, 0.05) is 0 Å². The zero-order valence-corrected chi connectivity index (χ0v) is 16.2. The summed E-state index contributed by atoms with van der Waals surface area (Å²) < 4.78 is 15.6. The van der Waals surface area contributed by atoms with E-state index < -0.39 is 7.82 Å². The number of unbranched alkanes of at least 4 members (excludes halogenated alkanes) is 10. The van der Waals surface area contributed by atoms with Crippen LogP contribution in [0.4, 0.5) is 0 Å². The van der Waals surface area contributed by atoms with Crippen molar-refractivity contribution in [3.05, 3.63) is 0 Å². The average Bonchev–Trinajstić information content (AvgIpc) is 2.50. The minimum absolute atomic E-state index is 0.201. The van der Waals surface area contributed by atoms with Gasteiger partial charge in [0.2, 0.25) is 0 Å². The van der Waals surface area contributed by atoms with Gasteiger partial charge in [-0.1, -0.05) is 90.9 Å². The Kier molecular flexibility index (Phi) is 15.7. The number of rotatable bonds is 17. The molecule has 0 rings (SSSR count). The van der Waals surface area contributed by atoms with E-state index in [0.29, 0.717) is 5.92 Å². The van der Waals surface area contributed by atoms with Gasteiger partial charge in [0.1, 0.15) is 0 Å². The van der Waals surface area contributed by atoms with Crippen molar-refractivity contribution in [3.8, 4) is 0 Å². The molecule has 0 aromatic rings. The quantitative estimate of drug-likeness (QED) is 0.242. The number of hydrogen-bond acceptors (Lipinski definition) is 2. The van der Waals surface area contributed by atoms with Crippen LogP contribution in [-0.2, 0) is 9.09 Å². The van der Waals surface area contributed by atoms with Crippen molar-refractivity contribution >= 4 is 7.82 Å². The van der Waals surface area contributed by atoms with Crippen molar-refractivity contribution in [1.29, 1.82) is 0 Å². The fourth-order valence-corrected chi connectivity index (χ4v) is 3.35. The molecular formula is C18H39O4P. The Bertz CT molecular complexity index is 291. The molecule has 4 nitrogen and oxygen atoms in total. The van der Waals surface area contributed by atoms with E-state index in [1.807, 2.05) is 0 Å². The maximum atomic E-state index is 10.9. The van der Waals surface area contributed by atoms with Crippen molar-refractivity contribution < 1.29 is 18.9 Å². The molecule has 5 heteroatoms. The summed E-state index contributed by atoms with van der Waals surface area (Å²) in [4.78, 5) is 17.8. The van der Waals surface area contributed by atoms with Crippen LogP contribution in [0.2, 0.25) is 0 Å². The van der Waals surface area contributed by atoms with Crippen LogP contribution in [0.25, 0.3) is 0 Å². The molecule has 23 heavy (non-hydrogen) atoms. The van der Waals surface area contributed by atoms with Crippen molar-refractivity contribution in [2.75, 3.05) is 6.61 Å². The monoisotopic (exact) mass is 350 g/mol. The fourth-order valence-electron chi connectivity index (χ4n) is 2.94. The molecule has 0 saturated heterocycles. The standard InChI is InChI=1S/C18H39O4P/c1-3-5-7-9-10-11-12-14-16-18(15-13-8-6-4-2)17-22-23(19,20)21/h18H,3-17H2,1-2H3,(H2,19,20,21). The summed E-state index contributed by atoms with van der Waals surface area (Å²) in [6, 6.07) is 0. The summed E-state index contributed by atoms with van der Waals surface area (Å²) in [7, 11) is -4.33. The molecule has 0 aliphatic rings. The molecule has 0 heterocycles. The smallest absolute Gasteiger partial charge is 0.303 e. The van der Waals surface area contributed by atoms with E-state index in [4.69, 9.17) is 14.3 Å². The highest BCUT2D eigenvalue weighted by Crippen LogP contribution is 2.37. The Balaban J connectivity index is 3.79. The van der Waals surface area contributed by atoms with Gasteiger partial charge < -0.3 is 9.79 Å². The lowest BCUT2D eigenvalue weighted by atomic mass is 9.95. The summed E-state index contributed by atoms with van der Waals surface area (Å²) in [6.07, 6.45) is 17.2. The highest BCUT2D eigenvalue weighted by atomic mass is 31.2. The van der Waals surface area contributed by atoms with Crippen molar-refractivity contribution in [1.82, 2.24) is 0 Å². The van der Waals surface area contributed by atoms with Gasteiger partial charge in [-0.2, -0.15) is 0 Å². The topological polar surface area (TPSA) is 66.8 Å². The second kappa shape index (κ2) is 15.6. The highest BCUT2D eigenvalue weighted by Gasteiger charge is 2.18. The first kappa shape index (κ1) is 23.1. The van der Waals surface area contributed by atoms with Crippen LogP contribution in [0.5, 0.6) is 0 Å². The SMILES string of the molecule is CCCCCCCCCCC(CCCCCC)COP(=O)(O)O. The molecule has 0 saturated carbocycles. The van der Waals surface area contributed by atoms with E-state index in [2.05, 4.69) is 13.8 Å². The van der Waals surface area contributed by atoms with Crippen molar-refractivity contribution in [2.45, 2.75) is 104 Å². The lowest BCUT2D eigenvalue weighted by molar-refractivity contribution is 0.157. The highest BCUT2D eigenvalue weighted by molar-refractivity contribution is 7.46. The second-order valence-electron chi connectivity index (χ2n) is 6.77. The van der Waals surface area contributed by atoms with Crippen LogP contribution < -0.4 is 0 Å². The normalized spacial score (nSPS) is 13.4. The molecule has 0 radical (unpaired) electrons. The van der Waals surface area contributed by atoms with Gasteiger partial charge in [0.15, 0.2) is 0 Å². The largest absolute Gasteiger partial charge is 0.469 e. The van der Waals surface area contributed by atoms with Gasteiger partial charge in [-0.15, -0.1) is 0 Å². The summed E-state index contributed by atoms with van der Waals surface area (Å²) in [5.74, 6) is 0.291. The first-order valence-electron chi connectivity index (χ1n) is 9.69. The maximum Gasteiger partial charge on any atom is 0.469 e. The summed E-state index contributed by atoms with van der Waals surface area (Å²) in [5, 5.41) is 0. The molecule has 0 spiro atoms. The van der Waals surface area contributed by atoms with Crippen LogP contribution in [0, 0.1) is 5.92 Å². The predicted molar refractivity (Wildman–Crippen MR) is 97.5 cm³/mol. The van der Waals surface area contributed by atoms with E-state index in [0.717, 1.165) is 25.7 Å². The van der Waals surface area contributed by atoms with Gasteiger partial charge in [-0.25, -0.2) is 4.57 Å². The van der Waals surface area contributed by atoms with E-state index in [1.165, 1.54) is 64.2 Å². The van der Waals surface area contributed by atoms with E-state index in [1.54, 1.807) is 0 Å². The Hall–Kier alpha value is 0.110. The van der Waals surface area contributed by atoms with Gasteiger partial charge >= 0.3 is 7.82 Å². The van der Waals surface area contributed by atoms with E-state index in [-0.39, 0.29) is 6.61 Å². The molecule has 0 aliphatic carbocycles. The Labute approximate surface area is 143 Å². The second-order valence-corrected chi connectivity index (χ2v) is 8.00. The summed E-state index contributed by atoms with van der Waals surface area (Å²) >= 11 is 0. The van der Waals surface area contributed by atoms with Crippen molar-refractivity contribution in [2.24, 2.45) is 5.92 Å². The molecule has 0 bridgehead atoms. The molecular weight excluding hydrogens is 311 g/mol. The first-order chi connectivity index (χ1) is 11.0. The van der Waals surface area contributed by atoms with Gasteiger partial charge in [-0.3, -0.25) is 4.52 Å². The fraction of sp³-hybridized carbons (Fsp3) is 1.00. The van der Waals surface area contributed by atoms with Crippen LogP contribution >= 0.6 is 7.82 Å².